The first-order valence-electron chi connectivity index (χ1n) is 8.81. The van der Waals surface area contributed by atoms with Gasteiger partial charge in [-0.15, -0.1) is 0 Å². The molecule has 1 amide bonds. The number of aromatic nitrogens is 1. The molecule has 144 valence electrons. The van der Waals surface area contributed by atoms with Crippen LogP contribution in [0.3, 0.4) is 0 Å². The Hall–Kier alpha value is -3.58. The van der Waals surface area contributed by atoms with Gasteiger partial charge in [-0.2, -0.15) is 0 Å². The third-order valence-corrected chi connectivity index (χ3v) is 4.11. The maximum atomic E-state index is 11.9. The number of rotatable bonds is 8. The van der Waals surface area contributed by atoms with Crippen LogP contribution in [-0.4, -0.2) is 27.6 Å². The second kappa shape index (κ2) is 8.88. The number of amides is 1. The van der Waals surface area contributed by atoms with Gasteiger partial charge in [0.05, 0.1) is 0 Å². The van der Waals surface area contributed by atoms with Gasteiger partial charge >= 0.3 is 5.97 Å². The molecule has 0 fully saturated rings. The van der Waals surface area contributed by atoms with E-state index >= 15 is 0 Å². The monoisotopic (exact) mass is 379 g/mol. The van der Waals surface area contributed by atoms with Gasteiger partial charge in [-0.05, 0) is 67.1 Å². The lowest BCUT2D eigenvalue weighted by atomic mass is 10.1. The Morgan fingerprint density at radius 2 is 1.57 bits per heavy atom. The van der Waals surface area contributed by atoms with Gasteiger partial charge in [0.2, 0.25) is 5.91 Å². The topological polar surface area (TPSA) is 107 Å². The fourth-order valence-corrected chi connectivity index (χ4v) is 2.57. The van der Waals surface area contributed by atoms with Crippen LogP contribution in [0, 0.1) is 0 Å². The quantitative estimate of drug-likeness (QED) is 0.556. The Balaban J connectivity index is 1.53. The molecule has 28 heavy (non-hydrogen) atoms. The van der Waals surface area contributed by atoms with Gasteiger partial charge in [0, 0.05) is 30.2 Å². The summed E-state index contributed by atoms with van der Waals surface area (Å²) in [5.41, 5.74) is 7.03. The summed E-state index contributed by atoms with van der Waals surface area (Å²) >= 11 is 0. The van der Waals surface area contributed by atoms with Crippen LogP contribution in [0.5, 0.6) is 11.5 Å². The predicted molar refractivity (Wildman–Crippen MR) is 106 cm³/mol. The first-order chi connectivity index (χ1) is 13.5. The molecule has 7 heteroatoms. The van der Waals surface area contributed by atoms with Crippen molar-refractivity contribution < 1.29 is 19.4 Å². The van der Waals surface area contributed by atoms with Gasteiger partial charge in [0.25, 0.3) is 0 Å². The average molecular weight is 379 g/mol. The van der Waals surface area contributed by atoms with Crippen molar-refractivity contribution in [3.05, 3.63) is 73.1 Å². The number of carboxylic acids is 1. The summed E-state index contributed by atoms with van der Waals surface area (Å²) in [6.45, 7) is 0. The minimum Gasteiger partial charge on any atom is -0.480 e. The van der Waals surface area contributed by atoms with E-state index in [0.717, 1.165) is 5.69 Å². The average Bonchev–Trinajstić information content (AvgIpc) is 3.23. The van der Waals surface area contributed by atoms with Crippen LogP contribution < -0.4 is 15.8 Å². The molecule has 0 saturated carbocycles. The number of carboxylic acid groups (broad SMARTS) is 1. The van der Waals surface area contributed by atoms with Crippen LogP contribution in [0.25, 0.3) is 5.69 Å². The standard InChI is InChI=1S/C21H21N3O4/c22-19(21(26)27)11-12-20(25)23-15-3-7-17(8-4-15)28-18-9-5-16(6-10-18)24-13-1-2-14-24/h1-10,13-14,19H,11-12,22H2,(H,23,25)(H,26,27). The molecule has 0 saturated heterocycles. The lowest BCUT2D eigenvalue weighted by Crippen LogP contribution is -2.31. The van der Waals surface area contributed by atoms with Crippen molar-refractivity contribution >= 4 is 17.6 Å². The van der Waals surface area contributed by atoms with E-state index in [-0.39, 0.29) is 18.7 Å². The highest BCUT2D eigenvalue weighted by Crippen LogP contribution is 2.24. The smallest absolute Gasteiger partial charge is 0.320 e. The normalized spacial score (nSPS) is 11.6. The molecule has 1 heterocycles. The molecule has 0 bridgehead atoms. The Kier molecular flexibility index (Phi) is 6.08. The van der Waals surface area contributed by atoms with Gasteiger partial charge in [-0.1, -0.05) is 0 Å². The highest BCUT2D eigenvalue weighted by atomic mass is 16.5. The largest absolute Gasteiger partial charge is 0.480 e. The molecule has 0 aliphatic carbocycles. The number of carbonyl (C=O) groups excluding carboxylic acids is 1. The summed E-state index contributed by atoms with van der Waals surface area (Å²) in [7, 11) is 0. The Morgan fingerprint density at radius 1 is 1.00 bits per heavy atom. The second-order valence-electron chi connectivity index (χ2n) is 6.24. The predicted octanol–water partition coefficient (Wildman–Crippen LogP) is 3.40. The molecular weight excluding hydrogens is 358 g/mol. The van der Waals surface area contributed by atoms with E-state index in [1.807, 2.05) is 53.4 Å². The molecule has 0 aliphatic heterocycles. The third kappa shape index (κ3) is 5.21. The Bertz CT molecular complexity index is 919. The van der Waals surface area contributed by atoms with Crippen LogP contribution in [0.2, 0.25) is 0 Å². The zero-order valence-electron chi connectivity index (χ0n) is 15.1. The summed E-state index contributed by atoms with van der Waals surface area (Å²) in [6.07, 6.45) is 4.07. The molecule has 0 radical (unpaired) electrons. The first kappa shape index (κ1) is 19.2. The van der Waals surface area contributed by atoms with Crippen molar-refractivity contribution in [3.8, 4) is 17.2 Å². The zero-order chi connectivity index (χ0) is 19.9. The summed E-state index contributed by atoms with van der Waals surface area (Å²) in [5.74, 6) is -0.0587. The molecule has 3 aromatic rings. The molecule has 4 N–H and O–H groups in total. The third-order valence-electron chi connectivity index (χ3n) is 4.11. The second-order valence-corrected chi connectivity index (χ2v) is 6.24. The lowest BCUT2D eigenvalue weighted by Gasteiger charge is -2.10. The van der Waals surface area contributed by atoms with E-state index < -0.39 is 12.0 Å². The molecule has 1 atom stereocenters. The van der Waals surface area contributed by atoms with Crippen molar-refractivity contribution in [3.63, 3.8) is 0 Å². The van der Waals surface area contributed by atoms with Crippen molar-refractivity contribution in [1.82, 2.24) is 4.57 Å². The molecular formula is C21H21N3O4. The number of anilines is 1. The molecule has 7 nitrogen and oxygen atoms in total. The summed E-state index contributed by atoms with van der Waals surface area (Å²) in [6, 6.07) is 17.5. The van der Waals surface area contributed by atoms with Gasteiger partial charge in [-0.25, -0.2) is 0 Å². The lowest BCUT2D eigenvalue weighted by molar-refractivity contribution is -0.138. The van der Waals surface area contributed by atoms with E-state index in [1.165, 1.54) is 0 Å². The molecule has 1 unspecified atom stereocenters. The van der Waals surface area contributed by atoms with Crippen molar-refractivity contribution in [2.45, 2.75) is 18.9 Å². The number of nitrogens with one attached hydrogen (secondary N) is 1. The zero-order valence-corrected chi connectivity index (χ0v) is 15.1. The van der Waals surface area contributed by atoms with Crippen molar-refractivity contribution in [2.24, 2.45) is 5.73 Å². The number of benzene rings is 2. The van der Waals surface area contributed by atoms with Crippen molar-refractivity contribution in [2.75, 3.05) is 5.32 Å². The highest BCUT2D eigenvalue weighted by Gasteiger charge is 2.13. The SMILES string of the molecule is NC(CCC(=O)Nc1ccc(Oc2ccc(-n3cccc3)cc2)cc1)C(=O)O. The van der Waals surface area contributed by atoms with E-state index in [9.17, 15) is 9.59 Å². The maximum Gasteiger partial charge on any atom is 0.320 e. The number of nitrogens with zero attached hydrogens (tertiary/aromatic N) is 1. The van der Waals surface area contributed by atoms with Crippen LogP contribution >= 0.6 is 0 Å². The Labute approximate surface area is 162 Å². The molecule has 1 aromatic heterocycles. The van der Waals surface area contributed by atoms with Gasteiger partial charge < -0.3 is 25.5 Å². The highest BCUT2D eigenvalue weighted by molar-refractivity contribution is 5.91. The fraction of sp³-hybridized carbons (Fsp3) is 0.143. The number of hydrogen-bond donors (Lipinski definition) is 3. The minimum atomic E-state index is -1.12. The van der Waals surface area contributed by atoms with E-state index in [0.29, 0.717) is 17.2 Å². The molecule has 2 aromatic carbocycles. The van der Waals surface area contributed by atoms with E-state index in [1.54, 1.807) is 24.3 Å². The number of aliphatic carboxylic acids is 1. The molecule has 3 rings (SSSR count). The Morgan fingerprint density at radius 3 is 2.14 bits per heavy atom. The molecule has 0 aliphatic rings. The van der Waals surface area contributed by atoms with Gasteiger partial charge in [0.15, 0.2) is 0 Å². The fourth-order valence-electron chi connectivity index (χ4n) is 2.57. The maximum absolute atomic E-state index is 11.9. The van der Waals surface area contributed by atoms with Gasteiger partial charge in [-0.3, -0.25) is 9.59 Å². The minimum absolute atomic E-state index is 0.0411. The summed E-state index contributed by atoms with van der Waals surface area (Å²) < 4.78 is 7.82. The van der Waals surface area contributed by atoms with E-state index in [2.05, 4.69) is 5.32 Å². The number of carbonyl (C=O) groups is 2. The van der Waals surface area contributed by atoms with Crippen LogP contribution in [0.4, 0.5) is 5.69 Å². The van der Waals surface area contributed by atoms with Crippen LogP contribution in [-0.2, 0) is 9.59 Å². The van der Waals surface area contributed by atoms with Crippen molar-refractivity contribution in [1.29, 1.82) is 0 Å². The number of nitrogens with two attached hydrogens (primary N) is 1. The van der Waals surface area contributed by atoms with E-state index in [4.69, 9.17) is 15.6 Å². The van der Waals surface area contributed by atoms with Gasteiger partial charge in [0.1, 0.15) is 17.5 Å². The van der Waals surface area contributed by atoms with Crippen LogP contribution in [0.15, 0.2) is 73.1 Å². The molecule has 0 spiro atoms. The van der Waals surface area contributed by atoms with Crippen LogP contribution in [0.1, 0.15) is 12.8 Å². The first-order valence-corrected chi connectivity index (χ1v) is 8.81. The summed E-state index contributed by atoms with van der Waals surface area (Å²) in [5, 5.41) is 11.4. The number of ether oxygens (including phenoxy) is 1. The summed E-state index contributed by atoms with van der Waals surface area (Å²) in [4.78, 5) is 22.5. The number of hydrogen-bond acceptors (Lipinski definition) is 4.